The number of pyridine rings is 1. The van der Waals surface area contributed by atoms with E-state index in [-0.39, 0.29) is 17.9 Å². The lowest BCUT2D eigenvalue weighted by molar-refractivity contribution is 0.0643. The number of imide groups is 1. The predicted molar refractivity (Wildman–Crippen MR) is 70.0 cm³/mol. The van der Waals surface area contributed by atoms with E-state index in [4.69, 9.17) is 0 Å². The van der Waals surface area contributed by atoms with Crippen molar-refractivity contribution in [3.05, 3.63) is 41.1 Å². The number of fused-ring (bicyclic) bond motifs is 3. The number of hydrogen-bond donors (Lipinski definition) is 0. The smallest absolute Gasteiger partial charge is 0.263 e. The van der Waals surface area contributed by atoms with Crippen LogP contribution in [0.2, 0.25) is 0 Å². The molecule has 0 atom stereocenters. The Bertz CT molecular complexity index is 747. The summed E-state index contributed by atoms with van der Waals surface area (Å²) in [4.78, 5) is 30.8. The number of carbonyl (C=O) groups is 2. The highest BCUT2D eigenvalue weighted by atomic mass is 16.2. The monoisotopic (exact) mass is 252 g/mol. The van der Waals surface area contributed by atoms with Gasteiger partial charge in [0.1, 0.15) is 0 Å². The molecule has 2 aromatic rings. The van der Waals surface area contributed by atoms with Gasteiger partial charge in [-0.3, -0.25) is 19.5 Å². The van der Waals surface area contributed by atoms with Crippen LogP contribution in [0.15, 0.2) is 24.3 Å². The van der Waals surface area contributed by atoms with Crippen LogP contribution in [-0.4, -0.2) is 27.7 Å². The maximum Gasteiger partial charge on any atom is 0.263 e. The molecule has 1 fully saturated rings. The first kappa shape index (κ1) is 10.7. The Labute approximate surface area is 110 Å². The third kappa shape index (κ3) is 1.31. The molecule has 1 aromatic heterocycles. The molecule has 0 N–H and O–H groups in total. The van der Waals surface area contributed by atoms with Gasteiger partial charge < -0.3 is 0 Å². The lowest BCUT2D eigenvalue weighted by Gasteiger charge is -2.11. The number of nitrogens with zero attached hydrogens (tertiary/aromatic N) is 2. The second-order valence-corrected chi connectivity index (χ2v) is 5.18. The van der Waals surface area contributed by atoms with E-state index in [2.05, 4.69) is 4.98 Å². The predicted octanol–water partition coefficient (Wildman–Crippen LogP) is 2.30. The Kier molecular flexibility index (Phi) is 1.91. The van der Waals surface area contributed by atoms with E-state index in [9.17, 15) is 9.59 Å². The van der Waals surface area contributed by atoms with Crippen LogP contribution in [0.1, 0.15) is 39.3 Å². The largest absolute Gasteiger partial charge is 0.271 e. The van der Waals surface area contributed by atoms with E-state index in [1.807, 2.05) is 24.3 Å². The summed E-state index contributed by atoms with van der Waals surface area (Å²) in [5.74, 6) is -0.317. The Morgan fingerprint density at radius 1 is 1.11 bits per heavy atom. The van der Waals surface area contributed by atoms with Crippen molar-refractivity contribution >= 4 is 22.7 Å². The standard InChI is InChI=1S/C15H12N2O2/c1-8-12-13(10-4-2-3-5-11(10)16-8)15(19)17(14(12)18)9-6-7-9/h2-5,9H,6-7H2,1H3. The number of aryl methyl sites for hydroxylation is 1. The molecule has 1 aliphatic carbocycles. The molecule has 2 amide bonds. The molecule has 19 heavy (non-hydrogen) atoms. The number of amides is 2. The van der Waals surface area contributed by atoms with Crippen molar-refractivity contribution < 1.29 is 9.59 Å². The fourth-order valence-corrected chi connectivity index (χ4v) is 2.82. The fourth-order valence-electron chi connectivity index (χ4n) is 2.82. The average molecular weight is 252 g/mol. The molecule has 2 heterocycles. The van der Waals surface area contributed by atoms with E-state index in [1.165, 1.54) is 4.90 Å². The number of aromatic nitrogens is 1. The second-order valence-electron chi connectivity index (χ2n) is 5.18. The number of rotatable bonds is 1. The zero-order valence-electron chi connectivity index (χ0n) is 10.5. The number of carbonyl (C=O) groups excluding carboxylic acids is 2. The molecule has 4 nitrogen and oxygen atoms in total. The summed E-state index contributed by atoms with van der Waals surface area (Å²) < 4.78 is 0. The molecule has 1 saturated carbocycles. The van der Waals surface area contributed by atoms with Gasteiger partial charge in [0.25, 0.3) is 11.8 Å². The second kappa shape index (κ2) is 3.41. The van der Waals surface area contributed by atoms with Crippen LogP contribution >= 0.6 is 0 Å². The molecule has 4 rings (SSSR count). The topological polar surface area (TPSA) is 50.3 Å². The number of para-hydroxylation sites is 1. The van der Waals surface area contributed by atoms with Crippen molar-refractivity contribution in [2.45, 2.75) is 25.8 Å². The van der Waals surface area contributed by atoms with Gasteiger partial charge in [-0.05, 0) is 25.8 Å². The first-order valence-corrected chi connectivity index (χ1v) is 6.45. The van der Waals surface area contributed by atoms with Crippen LogP contribution < -0.4 is 0 Å². The molecule has 94 valence electrons. The fraction of sp³-hybridized carbons (Fsp3) is 0.267. The first-order chi connectivity index (χ1) is 9.18. The normalized spacial score (nSPS) is 18.3. The summed E-state index contributed by atoms with van der Waals surface area (Å²) in [7, 11) is 0. The minimum atomic E-state index is -0.168. The first-order valence-electron chi connectivity index (χ1n) is 6.45. The van der Waals surface area contributed by atoms with Crippen molar-refractivity contribution in [3.63, 3.8) is 0 Å². The molecule has 0 saturated heterocycles. The van der Waals surface area contributed by atoms with Crippen molar-refractivity contribution in [1.29, 1.82) is 0 Å². The van der Waals surface area contributed by atoms with Gasteiger partial charge >= 0.3 is 0 Å². The summed E-state index contributed by atoms with van der Waals surface area (Å²) in [6.45, 7) is 1.80. The highest BCUT2D eigenvalue weighted by molar-refractivity contribution is 6.26. The van der Waals surface area contributed by atoms with Crippen LogP contribution in [0.25, 0.3) is 10.9 Å². The molecular formula is C15H12N2O2. The van der Waals surface area contributed by atoms with Gasteiger partial charge in [0.2, 0.25) is 0 Å². The summed E-state index contributed by atoms with van der Waals surface area (Å²) in [5.41, 5.74) is 2.46. The zero-order chi connectivity index (χ0) is 13.1. The van der Waals surface area contributed by atoms with Gasteiger partial charge in [-0.1, -0.05) is 18.2 Å². The van der Waals surface area contributed by atoms with E-state index in [0.717, 1.165) is 23.7 Å². The van der Waals surface area contributed by atoms with Crippen molar-refractivity contribution in [2.75, 3.05) is 0 Å². The summed E-state index contributed by atoms with van der Waals surface area (Å²) >= 11 is 0. The quantitative estimate of drug-likeness (QED) is 0.732. The molecule has 2 aliphatic rings. The Hall–Kier alpha value is -2.23. The zero-order valence-corrected chi connectivity index (χ0v) is 10.5. The lowest BCUT2D eigenvalue weighted by Crippen LogP contribution is -2.31. The highest BCUT2D eigenvalue weighted by Crippen LogP contribution is 2.37. The molecule has 1 aliphatic heterocycles. The van der Waals surface area contributed by atoms with Crippen molar-refractivity contribution in [3.8, 4) is 0 Å². The van der Waals surface area contributed by atoms with Crippen LogP contribution in [0, 0.1) is 6.92 Å². The third-order valence-electron chi connectivity index (χ3n) is 3.85. The van der Waals surface area contributed by atoms with E-state index < -0.39 is 0 Å². The minimum Gasteiger partial charge on any atom is -0.271 e. The Morgan fingerprint density at radius 2 is 1.79 bits per heavy atom. The third-order valence-corrected chi connectivity index (χ3v) is 3.85. The van der Waals surface area contributed by atoms with Crippen LogP contribution in [0.3, 0.4) is 0 Å². The molecule has 0 radical (unpaired) electrons. The average Bonchev–Trinajstić information content (AvgIpc) is 3.17. The summed E-state index contributed by atoms with van der Waals surface area (Å²) in [6, 6.07) is 7.60. The molecule has 0 bridgehead atoms. The molecule has 0 unspecified atom stereocenters. The molecule has 1 aromatic carbocycles. The Morgan fingerprint density at radius 3 is 2.53 bits per heavy atom. The summed E-state index contributed by atoms with van der Waals surface area (Å²) in [6.07, 6.45) is 1.85. The Balaban J connectivity index is 2.06. The van der Waals surface area contributed by atoms with E-state index in [1.54, 1.807) is 6.92 Å². The van der Waals surface area contributed by atoms with E-state index >= 15 is 0 Å². The van der Waals surface area contributed by atoms with E-state index in [0.29, 0.717) is 16.8 Å². The van der Waals surface area contributed by atoms with Gasteiger partial charge in [-0.25, -0.2) is 0 Å². The number of hydrogen-bond acceptors (Lipinski definition) is 3. The van der Waals surface area contributed by atoms with Crippen molar-refractivity contribution in [1.82, 2.24) is 9.88 Å². The summed E-state index contributed by atoms with van der Waals surface area (Å²) in [5, 5.41) is 0.782. The van der Waals surface area contributed by atoms with Crippen LogP contribution in [-0.2, 0) is 0 Å². The van der Waals surface area contributed by atoms with Gasteiger partial charge in [0.15, 0.2) is 0 Å². The lowest BCUT2D eigenvalue weighted by atomic mass is 10.0. The molecule has 4 heteroatoms. The van der Waals surface area contributed by atoms with Crippen LogP contribution in [0.4, 0.5) is 0 Å². The molecule has 0 spiro atoms. The van der Waals surface area contributed by atoms with Crippen molar-refractivity contribution in [2.24, 2.45) is 0 Å². The SMILES string of the molecule is Cc1nc2ccccc2c2c1C(=O)N(C1CC1)C2=O. The van der Waals surface area contributed by atoms with Gasteiger partial charge in [-0.2, -0.15) is 0 Å². The highest BCUT2D eigenvalue weighted by Gasteiger charge is 2.46. The maximum absolute atomic E-state index is 12.5. The van der Waals surface area contributed by atoms with Gasteiger partial charge in [-0.15, -0.1) is 0 Å². The van der Waals surface area contributed by atoms with Crippen LogP contribution in [0.5, 0.6) is 0 Å². The van der Waals surface area contributed by atoms with Gasteiger partial charge in [0.05, 0.1) is 22.3 Å². The molecular weight excluding hydrogens is 240 g/mol. The van der Waals surface area contributed by atoms with Gasteiger partial charge in [0, 0.05) is 11.4 Å². The maximum atomic E-state index is 12.5. The minimum absolute atomic E-state index is 0.102. The number of benzene rings is 1.